The highest BCUT2D eigenvalue weighted by Crippen LogP contribution is 2.54. The quantitative estimate of drug-likeness (QED) is 0.428. The van der Waals surface area contributed by atoms with E-state index >= 15 is 0 Å². The molecule has 2 fully saturated rings. The summed E-state index contributed by atoms with van der Waals surface area (Å²) in [6.07, 6.45) is 9.07. The van der Waals surface area contributed by atoms with E-state index < -0.39 is 0 Å². The summed E-state index contributed by atoms with van der Waals surface area (Å²) in [6.45, 7) is 5.07. The molecule has 3 aromatic rings. The van der Waals surface area contributed by atoms with Crippen LogP contribution in [0, 0.1) is 11.3 Å². The van der Waals surface area contributed by atoms with Crippen molar-refractivity contribution in [1.29, 1.82) is 5.26 Å². The fourth-order valence-electron chi connectivity index (χ4n) is 8.14. The van der Waals surface area contributed by atoms with Crippen LogP contribution in [0.4, 0.5) is 10.8 Å². The third kappa shape index (κ3) is 4.78. The van der Waals surface area contributed by atoms with Crippen molar-refractivity contribution >= 4 is 22.2 Å². The van der Waals surface area contributed by atoms with E-state index in [0.29, 0.717) is 40.1 Å². The van der Waals surface area contributed by atoms with Crippen LogP contribution in [0.5, 0.6) is 5.88 Å². The van der Waals surface area contributed by atoms with Gasteiger partial charge in [-0.05, 0) is 98.0 Å². The number of likely N-dealkylation sites (N-methyl/N-ethyl adjacent to an activating group) is 2. The van der Waals surface area contributed by atoms with Gasteiger partial charge in [0.15, 0.2) is 0 Å². The number of nitrogens with zero attached hydrogens (tertiary/aromatic N) is 7. The summed E-state index contributed by atoms with van der Waals surface area (Å²) in [5.41, 5.74) is 9.72. The van der Waals surface area contributed by atoms with E-state index in [1.165, 1.54) is 11.3 Å². The Morgan fingerprint density at radius 2 is 2.00 bits per heavy atom. The normalized spacial score (nSPS) is 26.1. The Morgan fingerprint density at radius 1 is 1.19 bits per heavy atom. The molecule has 0 aromatic carbocycles. The summed E-state index contributed by atoms with van der Waals surface area (Å²) in [4.78, 5) is 18.3. The molecule has 0 amide bonds. The summed E-state index contributed by atoms with van der Waals surface area (Å²) >= 11 is 1.57. The molecule has 5 heterocycles. The number of likely N-dealkylation sites (tertiary alicyclic amines) is 1. The number of thiophene rings is 1. The van der Waals surface area contributed by atoms with Gasteiger partial charge in [-0.1, -0.05) is 5.16 Å². The summed E-state index contributed by atoms with van der Waals surface area (Å²) in [7, 11) is 6.45. The molecule has 0 bridgehead atoms. The lowest BCUT2D eigenvalue weighted by atomic mass is 9.62. The number of aromatic nitrogens is 3. The van der Waals surface area contributed by atoms with Crippen LogP contribution in [-0.4, -0.2) is 83.9 Å². The minimum absolute atomic E-state index is 0.00257. The average Bonchev–Trinajstić information content (AvgIpc) is 3.78. The minimum atomic E-state index is -0.353. The molecular formula is C32H42N8O2S. The molecule has 4 atom stereocenters. The monoisotopic (exact) mass is 602 g/mol. The number of fused-ring (bicyclic) bond motifs is 4. The van der Waals surface area contributed by atoms with E-state index in [0.717, 1.165) is 93.6 Å². The van der Waals surface area contributed by atoms with Crippen LogP contribution < -0.4 is 15.4 Å². The van der Waals surface area contributed by atoms with Crippen molar-refractivity contribution < 1.29 is 9.26 Å². The lowest BCUT2D eigenvalue weighted by molar-refractivity contribution is 0.117. The number of hydrogen-bond donors (Lipinski definition) is 1. The Balaban J connectivity index is 1.30. The average molecular weight is 603 g/mol. The molecule has 0 unspecified atom stereocenters. The number of nitriles is 1. The van der Waals surface area contributed by atoms with Gasteiger partial charge in [0.1, 0.15) is 23.0 Å². The van der Waals surface area contributed by atoms with Gasteiger partial charge in [-0.15, -0.1) is 11.3 Å². The molecular weight excluding hydrogens is 560 g/mol. The van der Waals surface area contributed by atoms with Crippen LogP contribution in [0.25, 0.3) is 11.6 Å². The highest BCUT2D eigenvalue weighted by molar-refractivity contribution is 7.16. The smallest absolute Gasteiger partial charge is 0.219 e. The van der Waals surface area contributed by atoms with Crippen molar-refractivity contribution in [2.75, 3.05) is 51.4 Å². The van der Waals surface area contributed by atoms with E-state index in [1.807, 2.05) is 6.07 Å². The lowest BCUT2D eigenvalue weighted by Gasteiger charge is -2.39. The fourth-order valence-corrected chi connectivity index (χ4v) is 9.30. The minimum Gasteiger partial charge on any atom is -0.473 e. The lowest BCUT2D eigenvalue weighted by Crippen LogP contribution is -2.38. The molecule has 7 rings (SSSR count). The number of anilines is 2. The molecule has 0 radical (unpaired) electrons. The number of ether oxygens (including phenoxy) is 1. The summed E-state index contributed by atoms with van der Waals surface area (Å²) in [5, 5.41) is 15.4. The molecule has 3 aromatic heterocycles. The van der Waals surface area contributed by atoms with Crippen LogP contribution in [0.15, 0.2) is 10.6 Å². The number of hydrogen-bond acceptors (Lipinski definition) is 11. The van der Waals surface area contributed by atoms with Crippen LogP contribution in [0.1, 0.15) is 79.1 Å². The maximum atomic E-state index is 10.1. The Kier molecular flexibility index (Phi) is 7.35. The van der Waals surface area contributed by atoms with Crippen LogP contribution in [-0.2, 0) is 18.3 Å². The van der Waals surface area contributed by atoms with Crippen molar-refractivity contribution in [2.45, 2.75) is 88.3 Å². The Morgan fingerprint density at radius 3 is 2.72 bits per heavy atom. The molecule has 11 heteroatoms. The molecule has 10 nitrogen and oxygen atoms in total. The van der Waals surface area contributed by atoms with E-state index in [-0.39, 0.29) is 11.5 Å². The van der Waals surface area contributed by atoms with Crippen LogP contribution in [0.3, 0.4) is 0 Å². The molecule has 2 saturated heterocycles. The fraction of sp³-hybridized carbons (Fsp3) is 0.625. The highest BCUT2D eigenvalue weighted by Gasteiger charge is 2.48. The Labute approximate surface area is 257 Å². The van der Waals surface area contributed by atoms with Gasteiger partial charge in [-0.25, -0.2) is 4.98 Å². The molecule has 1 spiro atoms. The van der Waals surface area contributed by atoms with E-state index in [1.54, 1.807) is 11.3 Å². The van der Waals surface area contributed by atoms with E-state index in [4.69, 9.17) is 30.1 Å². The molecule has 2 aliphatic carbocycles. The number of nitrogens with two attached hydrogens (primary N) is 1. The largest absolute Gasteiger partial charge is 0.473 e. The van der Waals surface area contributed by atoms with Crippen LogP contribution in [0.2, 0.25) is 0 Å². The first-order valence-electron chi connectivity index (χ1n) is 15.8. The van der Waals surface area contributed by atoms with E-state index in [2.05, 4.69) is 48.8 Å². The Bertz CT molecular complexity index is 1560. The zero-order chi connectivity index (χ0) is 29.9. The van der Waals surface area contributed by atoms with Gasteiger partial charge < -0.3 is 24.8 Å². The van der Waals surface area contributed by atoms with Crippen molar-refractivity contribution in [3.8, 4) is 23.5 Å². The van der Waals surface area contributed by atoms with Crippen molar-refractivity contribution in [2.24, 2.45) is 0 Å². The topological polar surface area (TPSA) is 121 Å². The van der Waals surface area contributed by atoms with Crippen molar-refractivity contribution in [3.63, 3.8) is 0 Å². The maximum Gasteiger partial charge on any atom is 0.219 e. The second-order valence-electron chi connectivity index (χ2n) is 13.1. The maximum absolute atomic E-state index is 10.1. The van der Waals surface area contributed by atoms with Gasteiger partial charge in [0.25, 0.3) is 0 Å². The second kappa shape index (κ2) is 11.1. The predicted octanol–water partition coefficient (Wildman–Crippen LogP) is 4.61. The van der Waals surface area contributed by atoms with Gasteiger partial charge in [-0.3, -0.25) is 4.90 Å². The third-order valence-corrected chi connectivity index (χ3v) is 11.5. The molecule has 43 heavy (non-hydrogen) atoms. The van der Waals surface area contributed by atoms with E-state index in [9.17, 15) is 5.26 Å². The number of nitrogen functional groups attached to an aromatic ring is 1. The van der Waals surface area contributed by atoms with Gasteiger partial charge in [-0.2, -0.15) is 10.2 Å². The predicted molar refractivity (Wildman–Crippen MR) is 168 cm³/mol. The summed E-state index contributed by atoms with van der Waals surface area (Å²) in [5.74, 6) is 2.60. The zero-order valence-corrected chi connectivity index (χ0v) is 26.5. The molecule has 0 saturated carbocycles. The summed E-state index contributed by atoms with van der Waals surface area (Å²) in [6, 6.07) is 5.25. The zero-order valence-electron chi connectivity index (χ0n) is 25.7. The van der Waals surface area contributed by atoms with Gasteiger partial charge >= 0.3 is 0 Å². The van der Waals surface area contributed by atoms with Gasteiger partial charge in [0.05, 0.1) is 11.3 Å². The van der Waals surface area contributed by atoms with Crippen LogP contribution >= 0.6 is 11.3 Å². The Hall–Kier alpha value is -3.20. The third-order valence-electron chi connectivity index (χ3n) is 10.4. The first kappa shape index (κ1) is 28.6. The highest BCUT2D eigenvalue weighted by atomic mass is 32.1. The molecule has 228 valence electrons. The van der Waals surface area contributed by atoms with Gasteiger partial charge in [0.2, 0.25) is 17.5 Å². The van der Waals surface area contributed by atoms with Gasteiger partial charge in [0, 0.05) is 47.1 Å². The molecule has 2 N–H and O–H groups in total. The first-order chi connectivity index (χ1) is 20.8. The van der Waals surface area contributed by atoms with Crippen molar-refractivity contribution in [1.82, 2.24) is 24.9 Å². The van der Waals surface area contributed by atoms with Crippen molar-refractivity contribution in [3.05, 3.63) is 33.3 Å². The first-order valence-corrected chi connectivity index (χ1v) is 16.6. The number of aryl methyl sites for hydroxylation is 1. The standard InChI is InChI=1S/C32H42N8O2S/c1-19(23-9-7-14-39(23)4)41-26-16-25(40-15-11-20(18-40)38(2)3)35-31(36-26)28-21-8-5-12-32(29(21)37-42-28)13-6-10-24-27(32)22(17-33)30(34)43-24/h16,19-20,23H,5-15,18,34H2,1-4H3/t19-,20-,23-,32-/m0/s1. The summed E-state index contributed by atoms with van der Waals surface area (Å²) < 4.78 is 12.8. The SMILES string of the molecule is C[C@H](Oc1cc(N2CC[C@H](N(C)C)C2)nc(-c2onc3c2CCC[C@@]32CCCc3sc(N)c(C#N)c32)n1)[C@@H]1CCCN1C. The second-order valence-corrected chi connectivity index (χ2v) is 14.3. The molecule has 2 aliphatic heterocycles. The molecule has 4 aliphatic rings. The number of rotatable bonds is 6.